The summed E-state index contributed by atoms with van der Waals surface area (Å²) in [7, 11) is 3.15. The Bertz CT molecular complexity index is 1470. The maximum Gasteiger partial charge on any atom is 0.303 e. The van der Waals surface area contributed by atoms with Crippen LogP contribution in [0.2, 0.25) is 0 Å². The summed E-state index contributed by atoms with van der Waals surface area (Å²) in [5.74, 6) is 0.395. The van der Waals surface area contributed by atoms with E-state index < -0.39 is 5.97 Å². The molecule has 0 spiro atoms. The molecule has 2 aromatic carbocycles. The van der Waals surface area contributed by atoms with E-state index in [2.05, 4.69) is 4.98 Å². The number of carbonyl (C=O) groups is 4. The van der Waals surface area contributed by atoms with Crippen molar-refractivity contribution in [1.82, 2.24) is 4.98 Å². The maximum absolute atomic E-state index is 12.4. The van der Waals surface area contributed by atoms with Crippen LogP contribution in [0.4, 0.5) is 0 Å². The Morgan fingerprint density at radius 1 is 0.825 bits per heavy atom. The van der Waals surface area contributed by atoms with Crippen LogP contribution in [0.5, 0.6) is 17.2 Å². The lowest BCUT2D eigenvalue weighted by Crippen LogP contribution is -2.02. The number of rotatable bonds is 15. The Morgan fingerprint density at radius 2 is 1.55 bits per heavy atom. The number of thiophene rings is 1. The Hall–Kier alpha value is -3.83. The van der Waals surface area contributed by atoms with Gasteiger partial charge in [-0.05, 0) is 48.9 Å². The molecule has 4 aromatic rings. The summed E-state index contributed by atoms with van der Waals surface area (Å²) < 4.78 is 18.8. The largest absolute Gasteiger partial charge is 0.496 e. The number of nitrogens with zero attached hydrogens (tertiary/aromatic N) is 1. The highest BCUT2D eigenvalue weighted by molar-refractivity contribution is 7.21. The average Bonchev–Trinajstić information content (AvgIpc) is 3.55. The molecule has 11 heteroatoms. The van der Waals surface area contributed by atoms with E-state index in [0.717, 1.165) is 20.3 Å². The highest BCUT2D eigenvalue weighted by atomic mass is 32.1. The number of ketones is 3. The number of carboxylic acids is 1. The molecule has 9 nitrogen and oxygen atoms in total. The Labute approximate surface area is 238 Å². The smallest absolute Gasteiger partial charge is 0.303 e. The predicted molar refractivity (Wildman–Crippen MR) is 154 cm³/mol. The van der Waals surface area contributed by atoms with Gasteiger partial charge in [0.1, 0.15) is 11.5 Å². The Kier molecular flexibility index (Phi) is 9.49. The fourth-order valence-corrected chi connectivity index (χ4v) is 6.13. The number of ether oxygens (including phenoxy) is 3. The number of thiazole rings is 1. The molecule has 0 radical (unpaired) electrons. The third-order valence-electron chi connectivity index (χ3n) is 6.22. The van der Waals surface area contributed by atoms with Gasteiger partial charge in [-0.2, -0.15) is 0 Å². The van der Waals surface area contributed by atoms with Gasteiger partial charge in [-0.25, -0.2) is 4.98 Å². The summed E-state index contributed by atoms with van der Waals surface area (Å²) in [6, 6.07) is 9.25. The first kappa shape index (κ1) is 29.2. The lowest BCUT2D eigenvalue weighted by Gasteiger charge is -2.12. The third-order valence-corrected chi connectivity index (χ3v) is 8.42. The van der Waals surface area contributed by atoms with Crippen LogP contribution >= 0.6 is 22.7 Å². The molecule has 4 rings (SSSR count). The normalized spacial score (nSPS) is 11.1. The van der Waals surface area contributed by atoms with Crippen LogP contribution in [0.15, 0.2) is 30.3 Å². The van der Waals surface area contributed by atoms with Crippen LogP contribution < -0.4 is 14.2 Å². The van der Waals surface area contributed by atoms with Crippen LogP contribution in [0, 0.1) is 0 Å². The van der Waals surface area contributed by atoms with Gasteiger partial charge in [-0.1, -0.05) is 0 Å². The van der Waals surface area contributed by atoms with Gasteiger partial charge in [0.25, 0.3) is 0 Å². The van der Waals surface area contributed by atoms with Gasteiger partial charge >= 0.3 is 5.97 Å². The molecule has 0 unspecified atom stereocenters. The third kappa shape index (κ3) is 7.02. The number of benzene rings is 2. The second kappa shape index (κ2) is 13.0. The number of carbonyl (C=O) groups excluding carboxylic acids is 3. The molecule has 0 aliphatic carbocycles. The van der Waals surface area contributed by atoms with Crippen molar-refractivity contribution in [3.8, 4) is 17.2 Å². The average molecular weight is 584 g/mol. The molecule has 0 fully saturated rings. The highest BCUT2D eigenvalue weighted by Gasteiger charge is 2.17. The maximum atomic E-state index is 12.4. The van der Waals surface area contributed by atoms with Crippen molar-refractivity contribution in [2.24, 2.45) is 0 Å². The van der Waals surface area contributed by atoms with Gasteiger partial charge in [-0.15, -0.1) is 22.7 Å². The quantitative estimate of drug-likeness (QED) is 0.130. The van der Waals surface area contributed by atoms with Crippen LogP contribution in [0.25, 0.3) is 20.3 Å². The second-order valence-electron chi connectivity index (χ2n) is 9.20. The minimum atomic E-state index is -0.995. The zero-order valence-electron chi connectivity index (χ0n) is 22.4. The number of hydrogen-bond donors (Lipinski definition) is 1. The van der Waals surface area contributed by atoms with E-state index in [9.17, 15) is 19.2 Å². The van der Waals surface area contributed by atoms with Gasteiger partial charge < -0.3 is 24.1 Å². The van der Waals surface area contributed by atoms with Crippen LogP contribution in [-0.4, -0.2) is 54.2 Å². The molecule has 0 bridgehead atoms. The summed E-state index contributed by atoms with van der Waals surface area (Å²) >= 11 is 2.60. The van der Waals surface area contributed by atoms with Crippen molar-refractivity contribution in [1.29, 1.82) is 0 Å². The van der Waals surface area contributed by atoms with E-state index in [1.165, 1.54) is 29.6 Å². The monoisotopic (exact) mass is 583 g/mol. The number of carboxylic acid groups (broad SMARTS) is 1. The Morgan fingerprint density at radius 3 is 2.25 bits per heavy atom. The van der Waals surface area contributed by atoms with Crippen molar-refractivity contribution < 1.29 is 38.5 Å². The van der Waals surface area contributed by atoms with E-state index in [1.807, 2.05) is 12.1 Å². The fraction of sp³-hybridized carbons (Fsp3) is 0.345. The van der Waals surface area contributed by atoms with Crippen molar-refractivity contribution in [3.05, 3.63) is 45.8 Å². The van der Waals surface area contributed by atoms with Crippen LogP contribution in [-0.2, 0) is 16.0 Å². The summed E-state index contributed by atoms with van der Waals surface area (Å²) in [6.07, 6.45) is 1.44. The predicted octanol–water partition coefficient (Wildman–Crippen LogP) is 6.14. The first-order valence-corrected chi connectivity index (χ1v) is 14.3. The number of hydrogen-bond acceptors (Lipinski definition) is 10. The highest BCUT2D eigenvalue weighted by Crippen LogP contribution is 2.36. The molecular formula is C29H29NO8S2. The number of aromatic nitrogens is 1. The summed E-state index contributed by atoms with van der Waals surface area (Å²) in [5, 5.41) is 10.1. The zero-order valence-corrected chi connectivity index (χ0v) is 24.0. The minimum absolute atomic E-state index is 0.0306. The molecule has 40 heavy (non-hydrogen) atoms. The molecular weight excluding hydrogens is 554 g/mol. The van der Waals surface area contributed by atoms with E-state index >= 15 is 0 Å². The molecule has 0 saturated carbocycles. The SMILES string of the molecule is COc1cc2sc(C(=O)CCC(=O)O)cc2cc1CCCOc1cc2nc(C(=O)CCC(C)=O)sc2cc1OC. The molecule has 0 amide bonds. The van der Waals surface area contributed by atoms with Crippen LogP contribution in [0.3, 0.4) is 0 Å². The van der Waals surface area contributed by atoms with E-state index in [0.29, 0.717) is 52.1 Å². The van der Waals surface area contributed by atoms with Crippen LogP contribution in [0.1, 0.15) is 64.1 Å². The summed E-state index contributed by atoms with van der Waals surface area (Å²) in [6.45, 7) is 1.85. The number of aliphatic carboxylic acids is 1. The molecule has 2 aromatic heterocycles. The molecule has 0 saturated heterocycles. The zero-order chi connectivity index (χ0) is 28.8. The number of methoxy groups -OCH3 is 2. The van der Waals surface area contributed by atoms with E-state index in [1.54, 1.807) is 32.4 Å². The van der Waals surface area contributed by atoms with Gasteiger partial charge in [0.15, 0.2) is 28.1 Å². The summed E-state index contributed by atoms with van der Waals surface area (Å²) in [4.78, 5) is 51.8. The van der Waals surface area contributed by atoms with Crippen molar-refractivity contribution in [2.75, 3.05) is 20.8 Å². The van der Waals surface area contributed by atoms with Crippen molar-refractivity contribution in [2.45, 2.75) is 45.4 Å². The first-order valence-electron chi connectivity index (χ1n) is 12.7. The lowest BCUT2D eigenvalue weighted by atomic mass is 10.1. The summed E-state index contributed by atoms with van der Waals surface area (Å²) in [5.41, 5.74) is 1.60. The number of aryl methyl sites for hydroxylation is 1. The van der Waals surface area contributed by atoms with Gasteiger partial charge in [-0.3, -0.25) is 14.4 Å². The van der Waals surface area contributed by atoms with Crippen molar-refractivity contribution >= 4 is 66.3 Å². The molecule has 0 atom stereocenters. The van der Waals surface area contributed by atoms with Crippen molar-refractivity contribution in [3.63, 3.8) is 0 Å². The second-order valence-corrected chi connectivity index (χ2v) is 11.3. The Balaban J connectivity index is 1.42. The number of Topliss-reactive ketones (excluding diaryl/α,β-unsaturated/α-hetero) is 3. The number of fused-ring (bicyclic) bond motifs is 2. The van der Waals surface area contributed by atoms with Gasteiger partial charge in [0.2, 0.25) is 0 Å². The molecule has 2 heterocycles. The first-order chi connectivity index (χ1) is 19.2. The topological polar surface area (TPSA) is 129 Å². The minimum Gasteiger partial charge on any atom is -0.496 e. The van der Waals surface area contributed by atoms with E-state index in [-0.39, 0.29) is 43.0 Å². The molecule has 0 aliphatic heterocycles. The molecule has 210 valence electrons. The molecule has 0 aliphatic rings. The standard InChI is InChI=1S/C29H29NO8S2/c1-16(31)6-7-21(33)29-30-19-13-24(23(37-3)15-26(19)40-29)38-10-4-5-17-11-18-12-27(20(32)8-9-28(34)35)39-25(18)14-22(17)36-2/h11-15H,4-10H2,1-3H3,(H,34,35). The lowest BCUT2D eigenvalue weighted by molar-refractivity contribution is -0.137. The fourth-order valence-electron chi connectivity index (χ4n) is 4.15. The van der Waals surface area contributed by atoms with E-state index in [4.69, 9.17) is 19.3 Å². The van der Waals surface area contributed by atoms with Gasteiger partial charge in [0.05, 0.1) is 42.3 Å². The molecule has 1 N–H and O–H groups in total. The van der Waals surface area contributed by atoms with Gasteiger partial charge in [0, 0.05) is 36.1 Å².